The first-order chi connectivity index (χ1) is 5.72. The first-order valence-electron chi connectivity index (χ1n) is 3.44. The Bertz CT molecular complexity index is 330. The molecule has 1 aromatic rings. The van der Waals surface area contributed by atoms with Crippen LogP contribution in [-0.4, -0.2) is 16.5 Å². The van der Waals surface area contributed by atoms with E-state index >= 15 is 0 Å². The lowest BCUT2D eigenvalue weighted by Gasteiger charge is -2.00. The molecule has 0 spiro atoms. The highest BCUT2D eigenvalue weighted by molar-refractivity contribution is 5.37. The summed E-state index contributed by atoms with van der Waals surface area (Å²) in [6.07, 6.45) is 1.67. The molecular weight excluding hydrogens is 156 g/mol. The van der Waals surface area contributed by atoms with Crippen molar-refractivity contribution in [2.24, 2.45) is 0 Å². The molecule has 0 saturated heterocycles. The van der Waals surface area contributed by atoms with Crippen LogP contribution in [-0.2, 0) is 0 Å². The van der Waals surface area contributed by atoms with Gasteiger partial charge in [-0.25, -0.2) is 0 Å². The molecule has 1 heterocycles. The van der Waals surface area contributed by atoms with Crippen molar-refractivity contribution in [2.45, 2.75) is 0 Å². The summed E-state index contributed by atoms with van der Waals surface area (Å²) in [6.45, 7) is 4.06. The third-order valence-corrected chi connectivity index (χ3v) is 1.19. The zero-order valence-corrected chi connectivity index (χ0v) is 6.50. The molecule has 12 heavy (non-hydrogen) atoms. The molecule has 1 rings (SSSR count). The van der Waals surface area contributed by atoms with Crippen molar-refractivity contribution in [3.63, 3.8) is 0 Å². The second-order valence-electron chi connectivity index (χ2n) is 2.19. The Kier molecular flexibility index (Phi) is 2.47. The summed E-state index contributed by atoms with van der Waals surface area (Å²) in [4.78, 5) is 17.0. The van der Waals surface area contributed by atoms with Gasteiger partial charge in [-0.3, -0.25) is 9.78 Å². The standard InChI is InChI=1S/C7H10N4O/c1-2-3-9-5-4-6(12)11-7(8)10-5/h2,4H,1,3H2,(H4,8,9,10,11,12). The number of nitrogens with two attached hydrogens (primary N) is 1. The maximum atomic E-state index is 10.8. The first kappa shape index (κ1) is 8.32. The number of aromatic nitrogens is 2. The van der Waals surface area contributed by atoms with Gasteiger partial charge < -0.3 is 11.1 Å². The molecule has 1 aromatic heterocycles. The highest BCUT2D eigenvalue weighted by Gasteiger charge is 1.94. The van der Waals surface area contributed by atoms with Crippen molar-refractivity contribution in [3.8, 4) is 0 Å². The zero-order valence-electron chi connectivity index (χ0n) is 6.50. The fourth-order valence-corrected chi connectivity index (χ4v) is 0.744. The largest absolute Gasteiger partial charge is 0.369 e. The Balaban J connectivity index is 2.85. The van der Waals surface area contributed by atoms with Crippen molar-refractivity contribution < 1.29 is 0 Å². The lowest BCUT2D eigenvalue weighted by atomic mass is 10.5. The fraction of sp³-hybridized carbons (Fsp3) is 0.143. The van der Waals surface area contributed by atoms with Crippen molar-refractivity contribution in [1.29, 1.82) is 0 Å². The van der Waals surface area contributed by atoms with E-state index in [0.29, 0.717) is 12.4 Å². The van der Waals surface area contributed by atoms with Crippen LogP contribution < -0.4 is 16.6 Å². The van der Waals surface area contributed by atoms with Gasteiger partial charge in [-0.05, 0) is 0 Å². The lowest BCUT2D eigenvalue weighted by molar-refractivity contribution is 1.12. The second-order valence-corrected chi connectivity index (χ2v) is 2.19. The third-order valence-electron chi connectivity index (χ3n) is 1.19. The number of hydrogen-bond acceptors (Lipinski definition) is 4. The van der Waals surface area contributed by atoms with Gasteiger partial charge in [-0.15, -0.1) is 6.58 Å². The van der Waals surface area contributed by atoms with Gasteiger partial charge in [-0.2, -0.15) is 4.98 Å². The monoisotopic (exact) mass is 166 g/mol. The smallest absolute Gasteiger partial charge is 0.254 e. The number of rotatable bonds is 3. The van der Waals surface area contributed by atoms with Crippen LogP contribution in [0.1, 0.15) is 0 Å². The Hall–Kier alpha value is -1.78. The zero-order chi connectivity index (χ0) is 8.97. The molecular formula is C7H10N4O. The number of H-pyrrole nitrogens is 1. The van der Waals surface area contributed by atoms with E-state index in [2.05, 4.69) is 21.9 Å². The van der Waals surface area contributed by atoms with Crippen molar-refractivity contribution >= 4 is 11.8 Å². The predicted octanol–water partition coefficient (Wildman–Crippen LogP) is -0.0500. The molecule has 0 aliphatic rings. The average molecular weight is 166 g/mol. The van der Waals surface area contributed by atoms with E-state index in [1.54, 1.807) is 6.08 Å². The number of nitrogens with zero attached hydrogens (tertiary/aromatic N) is 1. The predicted molar refractivity (Wildman–Crippen MR) is 48.0 cm³/mol. The first-order valence-corrected chi connectivity index (χ1v) is 3.44. The van der Waals surface area contributed by atoms with E-state index in [0.717, 1.165) is 0 Å². The molecule has 64 valence electrons. The van der Waals surface area contributed by atoms with Crippen LogP contribution in [0.3, 0.4) is 0 Å². The van der Waals surface area contributed by atoms with E-state index in [-0.39, 0.29) is 11.5 Å². The van der Waals surface area contributed by atoms with Gasteiger partial charge in [0, 0.05) is 12.6 Å². The van der Waals surface area contributed by atoms with Crippen LogP contribution >= 0.6 is 0 Å². The third kappa shape index (κ3) is 2.12. The molecule has 0 amide bonds. The van der Waals surface area contributed by atoms with Gasteiger partial charge in [-0.1, -0.05) is 6.08 Å². The van der Waals surface area contributed by atoms with Crippen LogP contribution in [0.5, 0.6) is 0 Å². The summed E-state index contributed by atoms with van der Waals surface area (Å²) >= 11 is 0. The van der Waals surface area contributed by atoms with Gasteiger partial charge in [0.25, 0.3) is 5.56 Å². The van der Waals surface area contributed by atoms with E-state index in [9.17, 15) is 4.79 Å². The normalized spacial score (nSPS) is 9.33. The molecule has 0 fully saturated rings. The molecule has 0 bridgehead atoms. The molecule has 0 aliphatic heterocycles. The highest BCUT2D eigenvalue weighted by Crippen LogP contribution is 1.97. The Morgan fingerprint density at radius 1 is 1.83 bits per heavy atom. The topological polar surface area (TPSA) is 83.8 Å². The van der Waals surface area contributed by atoms with Crippen molar-refractivity contribution in [2.75, 3.05) is 17.6 Å². The maximum Gasteiger partial charge on any atom is 0.254 e. The van der Waals surface area contributed by atoms with Crippen LogP contribution in [0.25, 0.3) is 0 Å². The summed E-state index contributed by atoms with van der Waals surface area (Å²) in [6, 6.07) is 1.33. The van der Waals surface area contributed by atoms with Gasteiger partial charge >= 0.3 is 0 Å². The van der Waals surface area contributed by atoms with Gasteiger partial charge in [0.15, 0.2) is 0 Å². The highest BCUT2D eigenvalue weighted by atomic mass is 16.1. The number of aromatic amines is 1. The lowest BCUT2D eigenvalue weighted by Crippen LogP contribution is -2.12. The number of nitrogens with one attached hydrogen (secondary N) is 2. The average Bonchev–Trinajstić information content (AvgIpc) is 1.99. The summed E-state index contributed by atoms with van der Waals surface area (Å²) in [7, 11) is 0. The Labute approximate surface area is 69.3 Å². The minimum absolute atomic E-state index is 0.106. The summed E-state index contributed by atoms with van der Waals surface area (Å²) in [5, 5.41) is 2.85. The molecule has 5 heteroatoms. The molecule has 0 radical (unpaired) electrons. The minimum atomic E-state index is -0.269. The molecule has 0 saturated carbocycles. The van der Waals surface area contributed by atoms with E-state index < -0.39 is 0 Å². The molecule has 4 N–H and O–H groups in total. The summed E-state index contributed by atoms with van der Waals surface area (Å²) in [5.41, 5.74) is 5.03. The fourth-order valence-electron chi connectivity index (χ4n) is 0.744. The molecule has 0 unspecified atom stereocenters. The van der Waals surface area contributed by atoms with E-state index in [1.807, 2.05) is 0 Å². The van der Waals surface area contributed by atoms with Crippen molar-refractivity contribution in [1.82, 2.24) is 9.97 Å². The number of anilines is 2. The Morgan fingerprint density at radius 2 is 2.58 bits per heavy atom. The molecule has 0 atom stereocenters. The minimum Gasteiger partial charge on any atom is -0.369 e. The van der Waals surface area contributed by atoms with Gasteiger partial charge in [0.05, 0.1) is 0 Å². The Morgan fingerprint density at radius 3 is 3.17 bits per heavy atom. The van der Waals surface area contributed by atoms with Crippen LogP contribution in [0.2, 0.25) is 0 Å². The molecule has 0 aromatic carbocycles. The van der Waals surface area contributed by atoms with E-state index in [1.165, 1.54) is 6.07 Å². The van der Waals surface area contributed by atoms with Gasteiger partial charge in [0.2, 0.25) is 5.95 Å². The van der Waals surface area contributed by atoms with Crippen LogP contribution in [0.4, 0.5) is 11.8 Å². The van der Waals surface area contributed by atoms with Crippen LogP contribution in [0, 0.1) is 0 Å². The van der Waals surface area contributed by atoms with Gasteiger partial charge in [0.1, 0.15) is 5.82 Å². The van der Waals surface area contributed by atoms with E-state index in [4.69, 9.17) is 5.73 Å². The molecule has 0 aliphatic carbocycles. The van der Waals surface area contributed by atoms with Crippen LogP contribution in [0.15, 0.2) is 23.5 Å². The summed E-state index contributed by atoms with van der Waals surface area (Å²) in [5.74, 6) is 0.560. The SMILES string of the molecule is C=CCNc1cc(=O)[nH]c(N)n1. The maximum absolute atomic E-state index is 10.8. The quantitative estimate of drug-likeness (QED) is 0.550. The second kappa shape index (κ2) is 3.56. The van der Waals surface area contributed by atoms with Crippen molar-refractivity contribution in [3.05, 3.63) is 29.1 Å². The molecule has 5 nitrogen and oxygen atoms in total. The number of nitrogen functional groups attached to an aromatic ring is 1. The summed E-state index contributed by atoms with van der Waals surface area (Å²) < 4.78 is 0. The number of hydrogen-bond donors (Lipinski definition) is 3.